The average Bonchev–Trinajstić information content (AvgIpc) is 2.86. The van der Waals surface area contributed by atoms with Crippen molar-refractivity contribution < 1.29 is 28.6 Å². The molecule has 3 rings (SSSR count). The minimum absolute atomic E-state index is 0.149. The number of fused-ring (bicyclic) bond motifs is 1. The molecule has 5 N–H and O–H groups in total. The molecule has 2 aromatic rings. The lowest BCUT2D eigenvalue weighted by Gasteiger charge is -2.24. The van der Waals surface area contributed by atoms with Gasteiger partial charge in [-0.1, -0.05) is 24.3 Å². The summed E-state index contributed by atoms with van der Waals surface area (Å²) in [6.07, 6.45) is 1.15. The van der Waals surface area contributed by atoms with Crippen LogP contribution < -0.4 is 20.5 Å². The van der Waals surface area contributed by atoms with Gasteiger partial charge >= 0.3 is 13.6 Å². The van der Waals surface area contributed by atoms with Gasteiger partial charge in [-0.15, -0.1) is 4.59 Å². The fourth-order valence-corrected chi connectivity index (χ4v) is 3.60. The highest BCUT2D eigenvalue weighted by molar-refractivity contribution is 7.50. The number of carbonyl (C=O) groups excluding carboxylic acids is 1. The van der Waals surface area contributed by atoms with E-state index in [0.717, 1.165) is 5.56 Å². The second-order valence-electron chi connectivity index (χ2n) is 6.48. The highest BCUT2D eigenvalue weighted by atomic mass is 31.2. The molecule has 0 fully saturated rings. The van der Waals surface area contributed by atoms with Crippen molar-refractivity contribution in [2.45, 2.75) is 12.7 Å². The highest BCUT2D eigenvalue weighted by Gasteiger charge is 2.46. The Hall–Kier alpha value is -2.33. The number of quaternary nitrogens is 1. The van der Waals surface area contributed by atoms with Crippen molar-refractivity contribution >= 4 is 25.0 Å². The summed E-state index contributed by atoms with van der Waals surface area (Å²) in [4.78, 5) is 34.8. The maximum atomic E-state index is 12.5. The SMILES string of the molecule is COCCOc1cc2c(cn1)NC(=O)[N+]2(N)Cc1ccc(CP(=O)(O)O)cc1. The van der Waals surface area contributed by atoms with E-state index in [0.29, 0.717) is 36.0 Å². The van der Waals surface area contributed by atoms with Crippen molar-refractivity contribution in [3.05, 3.63) is 47.7 Å². The summed E-state index contributed by atoms with van der Waals surface area (Å²) in [6, 6.07) is 7.82. The third-order valence-electron chi connectivity index (χ3n) is 4.27. The van der Waals surface area contributed by atoms with Gasteiger partial charge in [0.05, 0.1) is 25.0 Å². The van der Waals surface area contributed by atoms with E-state index in [2.05, 4.69) is 10.3 Å². The lowest BCUT2D eigenvalue weighted by molar-refractivity contribution is 0.143. The number of nitrogens with zero attached hydrogens (tertiary/aromatic N) is 2. The summed E-state index contributed by atoms with van der Waals surface area (Å²) < 4.78 is 21.0. The zero-order chi connectivity index (χ0) is 20.4. The fraction of sp³-hybridized carbons (Fsp3) is 0.294. The number of amides is 2. The molecule has 2 amide bonds. The molecule has 28 heavy (non-hydrogen) atoms. The molecule has 10 nitrogen and oxygen atoms in total. The van der Waals surface area contributed by atoms with Crippen LogP contribution in [0.1, 0.15) is 11.1 Å². The Labute approximate surface area is 161 Å². The van der Waals surface area contributed by atoms with Crippen molar-refractivity contribution in [3.63, 3.8) is 0 Å². The molecule has 2 heterocycles. The van der Waals surface area contributed by atoms with Crippen molar-refractivity contribution in [2.24, 2.45) is 5.84 Å². The molecule has 1 aromatic heterocycles. The molecule has 11 heteroatoms. The van der Waals surface area contributed by atoms with Crippen molar-refractivity contribution in [3.8, 4) is 5.88 Å². The number of hydrogen-bond acceptors (Lipinski definition) is 6. The summed E-state index contributed by atoms with van der Waals surface area (Å²) in [5.41, 5.74) is 2.26. The van der Waals surface area contributed by atoms with Gasteiger partial charge in [0.15, 0.2) is 5.69 Å². The minimum Gasteiger partial charge on any atom is -0.475 e. The Bertz CT molecular complexity index is 916. The van der Waals surface area contributed by atoms with E-state index >= 15 is 0 Å². The highest BCUT2D eigenvalue weighted by Crippen LogP contribution is 2.40. The molecule has 0 spiro atoms. The van der Waals surface area contributed by atoms with Crippen molar-refractivity contribution in [1.29, 1.82) is 0 Å². The van der Waals surface area contributed by atoms with Crippen LogP contribution in [0.3, 0.4) is 0 Å². The topological polar surface area (TPSA) is 144 Å². The van der Waals surface area contributed by atoms with E-state index in [1.807, 2.05) is 0 Å². The molecule has 0 aliphatic carbocycles. The van der Waals surface area contributed by atoms with Gasteiger partial charge in [0.2, 0.25) is 5.88 Å². The molecular formula is C17H22N4O6P+. The number of nitrogens with two attached hydrogens (primary N) is 1. The molecule has 1 aromatic carbocycles. The quantitative estimate of drug-likeness (QED) is 0.170. The maximum absolute atomic E-state index is 12.5. The molecule has 0 radical (unpaired) electrons. The third kappa shape index (κ3) is 4.56. The van der Waals surface area contributed by atoms with Crippen molar-refractivity contribution in [2.75, 3.05) is 25.6 Å². The van der Waals surface area contributed by atoms with Crippen LogP contribution in [0.15, 0.2) is 36.5 Å². The minimum atomic E-state index is -4.14. The van der Waals surface area contributed by atoms with E-state index in [9.17, 15) is 9.36 Å². The largest absolute Gasteiger partial charge is 0.475 e. The Balaban J connectivity index is 1.81. The Morgan fingerprint density at radius 1 is 1.21 bits per heavy atom. The average molecular weight is 409 g/mol. The maximum Gasteiger partial charge on any atom is 0.445 e. The molecule has 1 aliphatic rings. The number of anilines is 1. The number of aromatic nitrogens is 1. The molecule has 0 saturated heterocycles. The van der Waals surface area contributed by atoms with Gasteiger partial charge in [0, 0.05) is 12.7 Å². The number of carbonyl (C=O) groups is 1. The summed E-state index contributed by atoms with van der Waals surface area (Å²) in [7, 11) is -2.57. The van der Waals surface area contributed by atoms with Crippen LogP contribution >= 0.6 is 7.60 Å². The van der Waals surface area contributed by atoms with E-state index < -0.39 is 18.2 Å². The van der Waals surface area contributed by atoms with Crippen molar-refractivity contribution in [1.82, 2.24) is 9.58 Å². The predicted octanol–water partition coefficient (Wildman–Crippen LogP) is 1.71. The second-order valence-corrected chi connectivity index (χ2v) is 8.12. The van der Waals surface area contributed by atoms with Gasteiger partial charge in [-0.05, 0) is 5.56 Å². The number of methoxy groups -OCH3 is 1. The van der Waals surface area contributed by atoms with Gasteiger partial charge in [0.25, 0.3) is 0 Å². The van der Waals surface area contributed by atoms with Gasteiger partial charge in [-0.3, -0.25) is 9.88 Å². The van der Waals surface area contributed by atoms with Gasteiger partial charge < -0.3 is 19.3 Å². The molecule has 1 atom stereocenters. The Morgan fingerprint density at radius 3 is 2.54 bits per heavy atom. The first kappa shape index (κ1) is 20.4. The van der Waals surface area contributed by atoms with Gasteiger partial charge in [0.1, 0.15) is 18.8 Å². The summed E-state index contributed by atoms with van der Waals surface area (Å²) in [6.45, 7) is 0.866. The van der Waals surface area contributed by atoms with Crippen LogP contribution in [-0.2, 0) is 22.0 Å². The zero-order valence-corrected chi connectivity index (χ0v) is 16.1. The summed E-state index contributed by atoms with van der Waals surface area (Å²) in [5, 5.41) is 2.71. The number of pyridine rings is 1. The molecule has 0 bridgehead atoms. The lowest BCUT2D eigenvalue weighted by Crippen LogP contribution is -2.57. The number of rotatable bonds is 8. The first-order valence-corrected chi connectivity index (χ1v) is 10.2. The van der Waals surface area contributed by atoms with E-state index in [-0.39, 0.29) is 12.7 Å². The molecule has 1 aliphatic heterocycles. The molecule has 150 valence electrons. The lowest BCUT2D eigenvalue weighted by atomic mass is 10.1. The summed E-state index contributed by atoms with van der Waals surface area (Å²) in [5.74, 6) is 6.73. The van der Waals surface area contributed by atoms with Crippen LogP contribution in [0.2, 0.25) is 0 Å². The van der Waals surface area contributed by atoms with E-state index in [4.69, 9.17) is 25.1 Å². The second kappa shape index (κ2) is 7.96. The number of ether oxygens (including phenoxy) is 2. The van der Waals surface area contributed by atoms with E-state index in [1.165, 1.54) is 6.20 Å². The van der Waals surface area contributed by atoms with Crippen LogP contribution in [0, 0.1) is 0 Å². The van der Waals surface area contributed by atoms with Crippen LogP contribution in [-0.4, -0.2) is 41.1 Å². The predicted molar refractivity (Wildman–Crippen MR) is 103 cm³/mol. The van der Waals surface area contributed by atoms with Crippen LogP contribution in [0.4, 0.5) is 16.2 Å². The number of urea groups is 1. The number of benzene rings is 1. The molecular weight excluding hydrogens is 387 g/mol. The van der Waals surface area contributed by atoms with Gasteiger partial charge in [-0.25, -0.2) is 9.78 Å². The Morgan fingerprint density at radius 2 is 1.89 bits per heavy atom. The fourth-order valence-electron chi connectivity index (χ4n) is 2.92. The summed E-state index contributed by atoms with van der Waals surface area (Å²) >= 11 is 0. The van der Waals surface area contributed by atoms with Crippen LogP contribution in [0.25, 0.3) is 0 Å². The third-order valence-corrected chi connectivity index (χ3v) is 5.05. The molecule has 1 unspecified atom stereocenters. The monoisotopic (exact) mass is 409 g/mol. The van der Waals surface area contributed by atoms with Gasteiger partial charge in [-0.2, -0.15) is 5.84 Å². The first-order chi connectivity index (χ1) is 13.2. The van der Waals surface area contributed by atoms with Crippen LogP contribution in [0.5, 0.6) is 5.88 Å². The number of nitrogens with one attached hydrogen (secondary N) is 1. The Kier molecular flexibility index (Phi) is 5.80. The van der Waals surface area contributed by atoms with E-state index in [1.54, 1.807) is 37.4 Å². The standard InChI is InChI=1S/C17H21N4O6P/c1-26-6-7-27-16-8-15-14(9-19-16)20-17(22)21(15,18)10-12-2-4-13(5-3-12)11-28(23,24)25/h2-5,8-9H,6-7,10-11,18H2,1H3,(H2-,20,22,23,24,25)/p+1. The normalized spacial score (nSPS) is 18.6. The smallest absolute Gasteiger partial charge is 0.445 e. The first-order valence-electron chi connectivity index (χ1n) is 8.44. The number of hydrogen-bond donors (Lipinski definition) is 4. The molecule has 0 saturated carbocycles. The zero-order valence-electron chi connectivity index (χ0n) is 15.2.